The smallest absolute Gasteiger partial charge is 0.225 e. The third-order valence-corrected chi connectivity index (χ3v) is 7.59. The molecule has 1 aliphatic carbocycles. The van der Waals surface area contributed by atoms with Crippen LogP contribution in [-0.4, -0.2) is 73.2 Å². The second kappa shape index (κ2) is 15.0. The third-order valence-electron chi connectivity index (χ3n) is 6.32. The Labute approximate surface area is 240 Å². The summed E-state index contributed by atoms with van der Waals surface area (Å²) in [6.45, 7) is 4.50. The number of nitrogens with zero attached hydrogens (tertiary/aromatic N) is 2. The molecule has 1 amide bonds. The minimum absolute atomic E-state index is 0. The van der Waals surface area contributed by atoms with E-state index in [-0.39, 0.29) is 37.1 Å². The zero-order valence-electron chi connectivity index (χ0n) is 22.2. The standard InChI is InChI=1S/C29H34N2O6S.ClH/c1-21(33)31-28-25(34)10-6-11-27(28)38-29(31)24-20-23(35-2)12-13-26(24)37-18-7-14-30(15-17-32)16-19-36-22-8-4-3-5-9-22;/h3-6,8-9,11-13,20,29,32H,7,10,14-19H2,1-2H3;1H. The number of benzene rings is 2. The number of carbonyl (C=O) groups excluding carboxylic acids is 2. The first-order valence-corrected chi connectivity index (χ1v) is 13.6. The number of halogens is 1. The number of hydrogen-bond acceptors (Lipinski definition) is 8. The maximum Gasteiger partial charge on any atom is 0.225 e. The quantitative estimate of drug-likeness (QED) is 0.348. The Hall–Kier alpha value is -2.98. The second-order valence-corrected chi connectivity index (χ2v) is 10.1. The molecule has 8 nitrogen and oxygen atoms in total. The van der Waals surface area contributed by atoms with Crippen molar-refractivity contribution in [3.05, 3.63) is 76.8 Å². The number of thioether (sulfide) groups is 1. The fourth-order valence-electron chi connectivity index (χ4n) is 4.48. The predicted octanol–water partition coefficient (Wildman–Crippen LogP) is 4.59. The fourth-order valence-corrected chi connectivity index (χ4v) is 5.89. The lowest BCUT2D eigenvalue weighted by atomic mass is 10.1. The number of ketones is 1. The molecular formula is C29H35ClN2O6S. The number of Topliss-reactive ketones (excluding diaryl/α,β-unsaturated/α-hetero) is 1. The Bertz CT molecular complexity index is 1190. The van der Waals surface area contributed by atoms with Crippen LogP contribution in [0.25, 0.3) is 0 Å². The number of rotatable bonds is 13. The molecule has 1 unspecified atom stereocenters. The van der Waals surface area contributed by atoms with Gasteiger partial charge in [0.05, 0.1) is 20.3 Å². The second-order valence-electron chi connectivity index (χ2n) is 8.93. The largest absolute Gasteiger partial charge is 0.497 e. The Morgan fingerprint density at radius 1 is 1.08 bits per heavy atom. The van der Waals surface area contributed by atoms with Crippen molar-refractivity contribution in [2.75, 3.05) is 46.6 Å². The lowest BCUT2D eigenvalue weighted by Crippen LogP contribution is -2.33. The van der Waals surface area contributed by atoms with Crippen LogP contribution in [0, 0.1) is 0 Å². The molecule has 210 valence electrons. The van der Waals surface area contributed by atoms with Crippen molar-refractivity contribution in [2.24, 2.45) is 0 Å². The van der Waals surface area contributed by atoms with Gasteiger partial charge in [0.1, 0.15) is 34.9 Å². The van der Waals surface area contributed by atoms with Gasteiger partial charge in [0.2, 0.25) is 5.91 Å². The van der Waals surface area contributed by atoms with Crippen LogP contribution in [0.1, 0.15) is 30.7 Å². The van der Waals surface area contributed by atoms with Crippen molar-refractivity contribution in [1.29, 1.82) is 0 Å². The first-order chi connectivity index (χ1) is 18.5. The number of amides is 1. The molecule has 4 rings (SSSR count). The van der Waals surface area contributed by atoms with E-state index >= 15 is 0 Å². The van der Waals surface area contributed by atoms with Crippen molar-refractivity contribution in [1.82, 2.24) is 9.80 Å². The molecule has 0 spiro atoms. The molecule has 0 saturated carbocycles. The summed E-state index contributed by atoms with van der Waals surface area (Å²) < 4.78 is 17.5. The van der Waals surface area contributed by atoms with E-state index in [9.17, 15) is 14.7 Å². The van der Waals surface area contributed by atoms with Gasteiger partial charge in [-0.05, 0) is 42.8 Å². The van der Waals surface area contributed by atoms with Gasteiger partial charge in [0, 0.05) is 43.4 Å². The first-order valence-electron chi connectivity index (χ1n) is 12.7. The van der Waals surface area contributed by atoms with E-state index in [1.165, 1.54) is 18.7 Å². The minimum atomic E-state index is -0.421. The fraction of sp³-hybridized carbons (Fsp3) is 0.379. The van der Waals surface area contributed by atoms with E-state index in [2.05, 4.69) is 4.90 Å². The van der Waals surface area contributed by atoms with Gasteiger partial charge in [-0.2, -0.15) is 0 Å². The summed E-state index contributed by atoms with van der Waals surface area (Å²) in [5.74, 6) is 1.87. The summed E-state index contributed by atoms with van der Waals surface area (Å²) in [6.07, 6.45) is 4.77. The average molecular weight is 575 g/mol. The number of allylic oxidation sites excluding steroid dienone is 3. The van der Waals surface area contributed by atoms with Crippen LogP contribution >= 0.6 is 24.2 Å². The van der Waals surface area contributed by atoms with Gasteiger partial charge < -0.3 is 19.3 Å². The third kappa shape index (κ3) is 7.79. The number of aliphatic hydroxyl groups excluding tert-OH is 1. The molecule has 0 aromatic heterocycles. The number of para-hydroxylation sites is 1. The van der Waals surface area contributed by atoms with Gasteiger partial charge in [-0.1, -0.05) is 36.0 Å². The van der Waals surface area contributed by atoms with Gasteiger partial charge in [-0.15, -0.1) is 12.4 Å². The Balaban J connectivity index is 0.00000420. The molecule has 2 aliphatic rings. The SMILES string of the molecule is COc1ccc(OCCCN(CCO)CCOc2ccccc2)c(C2SC3=C(C(=O)CC=C3)N2C(C)=O)c1.Cl. The van der Waals surface area contributed by atoms with Crippen molar-refractivity contribution < 1.29 is 28.9 Å². The van der Waals surface area contributed by atoms with E-state index < -0.39 is 5.37 Å². The minimum Gasteiger partial charge on any atom is -0.497 e. The highest BCUT2D eigenvalue weighted by Gasteiger charge is 2.40. The van der Waals surface area contributed by atoms with Crippen molar-refractivity contribution in [3.63, 3.8) is 0 Å². The highest BCUT2D eigenvalue weighted by atomic mass is 35.5. The predicted molar refractivity (Wildman–Crippen MR) is 154 cm³/mol. The van der Waals surface area contributed by atoms with Crippen LogP contribution in [-0.2, 0) is 9.59 Å². The van der Waals surface area contributed by atoms with Crippen molar-refractivity contribution >= 4 is 35.9 Å². The Morgan fingerprint density at radius 3 is 2.59 bits per heavy atom. The van der Waals surface area contributed by atoms with Crippen LogP contribution in [0.5, 0.6) is 17.2 Å². The van der Waals surface area contributed by atoms with Crippen LogP contribution in [0.15, 0.2) is 71.3 Å². The van der Waals surface area contributed by atoms with E-state index in [4.69, 9.17) is 14.2 Å². The molecule has 1 aliphatic heterocycles. The summed E-state index contributed by atoms with van der Waals surface area (Å²) in [6, 6.07) is 15.2. The average Bonchev–Trinajstić information content (AvgIpc) is 3.33. The summed E-state index contributed by atoms with van der Waals surface area (Å²) >= 11 is 1.47. The maximum absolute atomic E-state index is 12.7. The van der Waals surface area contributed by atoms with Gasteiger partial charge in [0.25, 0.3) is 0 Å². The molecule has 1 heterocycles. The molecule has 2 aromatic rings. The topological polar surface area (TPSA) is 88.5 Å². The molecular weight excluding hydrogens is 540 g/mol. The summed E-state index contributed by atoms with van der Waals surface area (Å²) in [5, 5.41) is 9.06. The van der Waals surface area contributed by atoms with Gasteiger partial charge in [-0.25, -0.2) is 0 Å². The normalized spacial score (nSPS) is 16.3. The first kappa shape index (κ1) is 30.6. The van der Waals surface area contributed by atoms with Gasteiger partial charge in [0.15, 0.2) is 5.78 Å². The highest BCUT2D eigenvalue weighted by Crippen LogP contribution is 2.52. The van der Waals surface area contributed by atoms with E-state index in [0.717, 1.165) is 29.2 Å². The van der Waals surface area contributed by atoms with E-state index in [1.54, 1.807) is 12.0 Å². The van der Waals surface area contributed by atoms with Gasteiger partial charge in [-0.3, -0.25) is 19.4 Å². The number of ether oxygens (including phenoxy) is 3. The molecule has 0 saturated heterocycles. The van der Waals surface area contributed by atoms with Crippen LogP contribution < -0.4 is 14.2 Å². The molecule has 2 aromatic carbocycles. The van der Waals surface area contributed by atoms with E-state index in [0.29, 0.717) is 43.5 Å². The molecule has 1 atom stereocenters. The molecule has 0 fully saturated rings. The number of hydrogen-bond donors (Lipinski definition) is 1. The lowest BCUT2D eigenvalue weighted by Gasteiger charge is -2.27. The molecule has 10 heteroatoms. The van der Waals surface area contributed by atoms with Crippen LogP contribution in [0.3, 0.4) is 0 Å². The molecule has 0 radical (unpaired) electrons. The summed E-state index contributed by atoms with van der Waals surface area (Å²) in [7, 11) is 1.59. The lowest BCUT2D eigenvalue weighted by molar-refractivity contribution is -0.130. The van der Waals surface area contributed by atoms with Crippen LogP contribution in [0.4, 0.5) is 0 Å². The molecule has 0 bridgehead atoms. The monoisotopic (exact) mass is 574 g/mol. The van der Waals surface area contributed by atoms with Crippen molar-refractivity contribution in [3.8, 4) is 17.2 Å². The number of methoxy groups -OCH3 is 1. The van der Waals surface area contributed by atoms with E-state index in [1.807, 2.05) is 60.7 Å². The van der Waals surface area contributed by atoms with Crippen molar-refractivity contribution in [2.45, 2.75) is 25.1 Å². The summed E-state index contributed by atoms with van der Waals surface area (Å²) in [4.78, 5) is 29.8. The maximum atomic E-state index is 12.7. The zero-order valence-corrected chi connectivity index (χ0v) is 23.8. The molecule has 1 N–H and O–H groups in total. The Morgan fingerprint density at radius 2 is 1.87 bits per heavy atom. The van der Waals surface area contributed by atoms with Crippen LogP contribution in [0.2, 0.25) is 0 Å². The Kier molecular flexibility index (Phi) is 11.7. The molecule has 39 heavy (non-hydrogen) atoms. The highest BCUT2D eigenvalue weighted by molar-refractivity contribution is 8.03. The summed E-state index contributed by atoms with van der Waals surface area (Å²) in [5.41, 5.74) is 1.24. The number of aliphatic hydroxyl groups is 1. The zero-order chi connectivity index (χ0) is 26.9. The van der Waals surface area contributed by atoms with Gasteiger partial charge >= 0.3 is 0 Å². The number of carbonyl (C=O) groups is 2.